The molecule has 5 heteroatoms. The van der Waals surface area contributed by atoms with Gasteiger partial charge in [0.15, 0.2) is 0 Å². The Hall–Kier alpha value is -2.82. The van der Waals surface area contributed by atoms with Crippen LogP contribution >= 0.6 is 0 Å². The Balaban J connectivity index is 1.75. The van der Waals surface area contributed by atoms with Crippen LogP contribution in [-0.2, 0) is 0 Å². The van der Waals surface area contributed by atoms with Crippen LogP contribution in [0.4, 0.5) is 11.4 Å². The normalized spacial score (nSPS) is 18.8. The highest BCUT2D eigenvalue weighted by Gasteiger charge is 2.26. The number of carbonyl (C=O) groups excluding carboxylic acids is 2. The number of carbonyl (C=O) groups is 2. The molecule has 2 aromatic carbocycles. The first-order valence-corrected chi connectivity index (χ1v) is 10.8. The molecule has 30 heavy (non-hydrogen) atoms. The highest BCUT2D eigenvalue weighted by molar-refractivity contribution is 6.05. The fourth-order valence-corrected chi connectivity index (χ4v) is 4.15. The van der Waals surface area contributed by atoms with Crippen LogP contribution in [0.1, 0.15) is 53.5 Å². The number of aryl methyl sites for hydroxylation is 1. The zero-order chi connectivity index (χ0) is 21.8. The molecule has 1 N–H and O–H groups in total. The molecule has 1 fully saturated rings. The van der Waals surface area contributed by atoms with Crippen LogP contribution in [0.5, 0.6) is 0 Å². The molecule has 0 spiro atoms. The molecule has 0 saturated carbocycles. The maximum Gasteiger partial charge on any atom is 0.255 e. The van der Waals surface area contributed by atoms with E-state index < -0.39 is 0 Å². The van der Waals surface area contributed by atoms with Crippen LogP contribution in [0.2, 0.25) is 0 Å². The summed E-state index contributed by atoms with van der Waals surface area (Å²) in [5, 5.41) is 2.98. The monoisotopic (exact) mass is 407 g/mol. The quantitative estimate of drug-likeness (QED) is 0.773. The van der Waals surface area contributed by atoms with E-state index in [1.54, 1.807) is 6.07 Å². The second-order valence-corrected chi connectivity index (χ2v) is 8.70. The summed E-state index contributed by atoms with van der Waals surface area (Å²) in [6, 6.07) is 13.1. The summed E-state index contributed by atoms with van der Waals surface area (Å²) >= 11 is 0. The number of anilines is 2. The lowest BCUT2D eigenvalue weighted by Crippen LogP contribution is -2.42. The van der Waals surface area contributed by atoms with Gasteiger partial charge in [-0.2, -0.15) is 0 Å². The molecule has 2 unspecified atom stereocenters. The molecule has 1 aliphatic heterocycles. The molecule has 3 rings (SSSR count). The van der Waals surface area contributed by atoms with Crippen molar-refractivity contribution in [3.63, 3.8) is 0 Å². The molecule has 0 bridgehead atoms. The third-order valence-corrected chi connectivity index (χ3v) is 5.93. The third kappa shape index (κ3) is 5.02. The lowest BCUT2D eigenvalue weighted by Gasteiger charge is -2.35. The van der Waals surface area contributed by atoms with Crippen LogP contribution in [0.3, 0.4) is 0 Å². The van der Waals surface area contributed by atoms with E-state index in [0.29, 0.717) is 28.7 Å². The average Bonchev–Trinajstić information content (AvgIpc) is 2.73. The zero-order valence-electron chi connectivity index (χ0n) is 18.7. The van der Waals surface area contributed by atoms with Crippen molar-refractivity contribution in [3.05, 3.63) is 59.2 Å². The summed E-state index contributed by atoms with van der Waals surface area (Å²) in [5.74, 6) is 0.888. The van der Waals surface area contributed by atoms with Gasteiger partial charge in [0.05, 0.1) is 0 Å². The van der Waals surface area contributed by atoms with Crippen LogP contribution in [0.15, 0.2) is 42.5 Å². The number of hydrogen-bond donors (Lipinski definition) is 1. The van der Waals surface area contributed by atoms with Crippen LogP contribution in [-0.4, -0.2) is 43.4 Å². The molecular weight excluding hydrogens is 374 g/mol. The molecule has 0 aromatic heterocycles. The van der Waals surface area contributed by atoms with Crippen molar-refractivity contribution in [2.24, 2.45) is 11.8 Å². The van der Waals surface area contributed by atoms with Gasteiger partial charge >= 0.3 is 0 Å². The van der Waals surface area contributed by atoms with Crippen molar-refractivity contribution in [2.45, 2.75) is 34.1 Å². The molecule has 2 amide bonds. The summed E-state index contributed by atoms with van der Waals surface area (Å²) in [6.45, 7) is 10.9. The van der Waals surface area contributed by atoms with Crippen molar-refractivity contribution in [2.75, 3.05) is 36.9 Å². The molecule has 0 radical (unpaired) electrons. The fraction of sp³-hybridized carbons (Fsp3) is 0.440. The molecule has 160 valence electrons. The van der Waals surface area contributed by atoms with Gasteiger partial charge in [-0.1, -0.05) is 19.9 Å². The van der Waals surface area contributed by atoms with Gasteiger partial charge in [0.2, 0.25) is 0 Å². The predicted molar refractivity (Wildman–Crippen MR) is 123 cm³/mol. The van der Waals surface area contributed by atoms with Gasteiger partial charge in [-0.05, 0) is 74.1 Å². The smallest absolute Gasteiger partial charge is 0.255 e. The second kappa shape index (κ2) is 9.33. The van der Waals surface area contributed by atoms with E-state index in [2.05, 4.69) is 31.0 Å². The number of likely N-dealkylation sites (tertiary alicyclic amines) is 1. The van der Waals surface area contributed by atoms with Gasteiger partial charge in [-0.3, -0.25) is 9.59 Å². The Labute approximate surface area is 180 Å². The van der Waals surface area contributed by atoms with E-state index in [4.69, 9.17) is 0 Å². The Morgan fingerprint density at radius 1 is 1.03 bits per heavy atom. The number of nitrogens with zero attached hydrogens (tertiary/aromatic N) is 2. The standard InChI is InChI=1S/C25H33N3O2/c1-6-27(5)22-11-9-20(10-12-22)24(29)26-23-14-21(8-7-19(23)4)25(30)28-15-17(2)13-18(3)16-28/h7-12,14,17-18H,6,13,15-16H2,1-5H3,(H,26,29). The fourth-order valence-electron chi connectivity index (χ4n) is 4.15. The van der Waals surface area contributed by atoms with Gasteiger partial charge in [0, 0.05) is 49.2 Å². The summed E-state index contributed by atoms with van der Waals surface area (Å²) in [6.07, 6.45) is 1.16. The third-order valence-electron chi connectivity index (χ3n) is 5.93. The van der Waals surface area contributed by atoms with Crippen LogP contribution in [0.25, 0.3) is 0 Å². The zero-order valence-corrected chi connectivity index (χ0v) is 18.7. The number of hydrogen-bond acceptors (Lipinski definition) is 3. The van der Waals surface area contributed by atoms with Crippen molar-refractivity contribution >= 4 is 23.2 Å². The first-order valence-electron chi connectivity index (χ1n) is 10.8. The average molecular weight is 408 g/mol. The Morgan fingerprint density at radius 3 is 2.23 bits per heavy atom. The SMILES string of the molecule is CCN(C)c1ccc(C(=O)Nc2cc(C(=O)N3CC(C)CC(C)C3)ccc2C)cc1. The highest BCUT2D eigenvalue weighted by Crippen LogP contribution is 2.25. The van der Waals surface area contributed by atoms with Crippen molar-refractivity contribution in [1.82, 2.24) is 4.90 Å². The number of benzene rings is 2. The number of piperidine rings is 1. The van der Waals surface area contributed by atoms with E-state index in [1.165, 1.54) is 0 Å². The second-order valence-electron chi connectivity index (χ2n) is 8.70. The summed E-state index contributed by atoms with van der Waals surface area (Å²) in [4.78, 5) is 29.9. The maximum atomic E-state index is 13.0. The van der Waals surface area contributed by atoms with Crippen LogP contribution in [0, 0.1) is 18.8 Å². The number of nitrogens with one attached hydrogen (secondary N) is 1. The Morgan fingerprint density at radius 2 is 1.63 bits per heavy atom. The van der Waals surface area contributed by atoms with Crippen LogP contribution < -0.4 is 10.2 Å². The first-order chi connectivity index (χ1) is 14.3. The molecular formula is C25H33N3O2. The van der Waals surface area contributed by atoms with E-state index >= 15 is 0 Å². The van der Waals surface area contributed by atoms with E-state index in [1.807, 2.05) is 55.3 Å². The van der Waals surface area contributed by atoms with E-state index in [0.717, 1.165) is 37.3 Å². The van der Waals surface area contributed by atoms with Gasteiger partial charge in [-0.25, -0.2) is 0 Å². The van der Waals surface area contributed by atoms with E-state index in [-0.39, 0.29) is 11.8 Å². The van der Waals surface area contributed by atoms with Gasteiger partial charge in [0.25, 0.3) is 11.8 Å². The van der Waals surface area contributed by atoms with Gasteiger partial charge in [0.1, 0.15) is 0 Å². The van der Waals surface area contributed by atoms with Gasteiger partial charge < -0.3 is 15.1 Å². The summed E-state index contributed by atoms with van der Waals surface area (Å²) in [7, 11) is 2.02. The topological polar surface area (TPSA) is 52.7 Å². The summed E-state index contributed by atoms with van der Waals surface area (Å²) in [5.41, 5.74) is 3.90. The largest absolute Gasteiger partial charge is 0.375 e. The minimum absolute atomic E-state index is 0.0378. The number of rotatable bonds is 5. The molecule has 1 saturated heterocycles. The lowest BCUT2D eigenvalue weighted by atomic mass is 9.91. The Bertz CT molecular complexity index is 897. The van der Waals surface area contributed by atoms with Crippen molar-refractivity contribution < 1.29 is 9.59 Å². The molecule has 0 aliphatic carbocycles. The number of amides is 2. The molecule has 5 nitrogen and oxygen atoms in total. The minimum Gasteiger partial charge on any atom is -0.375 e. The lowest BCUT2D eigenvalue weighted by molar-refractivity contribution is 0.0623. The molecule has 1 heterocycles. The summed E-state index contributed by atoms with van der Waals surface area (Å²) < 4.78 is 0. The molecule has 2 aromatic rings. The van der Waals surface area contributed by atoms with E-state index in [9.17, 15) is 9.59 Å². The highest BCUT2D eigenvalue weighted by atomic mass is 16.2. The van der Waals surface area contributed by atoms with Crippen molar-refractivity contribution in [3.8, 4) is 0 Å². The first kappa shape index (κ1) is 21.9. The molecule has 1 aliphatic rings. The Kier molecular flexibility index (Phi) is 6.80. The molecule has 2 atom stereocenters. The minimum atomic E-state index is -0.173. The van der Waals surface area contributed by atoms with Crippen molar-refractivity contribution in [1.29, 1.82) is 0 Å². The predicted octanol–water partition coefficient (Wildman–Crippen LogP) is 4.82. The van der Waals surface area contributed by atoms with Gasteiger partial charge in [-0.15, -0.1) is 0 Å². The maximum absolute atomic E-state index is 13.0.